The molecule has 5 nitrogen and oxygen atoms in total. The van der Waals surface area contributed by atoms with E-state index in [9.17, 15) is 5.11 Å². The number of aliphatic hydroxyl groups is 1. The zero-order valence-corrected chi connectivity index (χ0v) is 16.6. The number of hydrogen-bond acceptors (Lipinski definition) is 3. The van der Waals surface area contributed by atoms with Crippen molar-refractivity contribution in [3.05, 3.63) is 47.0 Å². The number of nitrogens with one attached hydrogen (secondary N) is 2. The molecule has 1 unspecified atom stereocenters. The molecule has 1 aromatic carbocycles. The van der Waals surface area contributed by atoms with E-state index in [1.54, 1.807) is 6.07 Å². The Morgan fingerprint density at radius 2 is 2.08 bits per heavy atom. The summed E-state index contributed by atoms with van der Waals surface area (Å²) in [6.45, 7) is 12.3. The second-order valence-electron chi connectivity index (χ2n) is 6.91. The SMILES string of the molecule is C=C(C)CN1CCC(NC(=NCC(O)c2ccccc2Cl)NCC)CC1. The van der Waals surface area contributed by atoms with Gasteiger partial charge in [-0.2, -0.15) is 0 Å². The van der Waals surface area contributed by atoms with E-state index in [2.05, 4.69) is 34.0 Å². The smallest absolute Gasteiger partial charge is 0.191 e. The van der Waals surface area contributed by atoms with Gasteiger partial charge in [-0.1, -0.05) is 42.0 Å². The molecule has 1 aromatic rings. The topological polar surface area (TPSA) is 59.9 Å². The average Bonchev–Trinajstić information content (AvgIpc) is 2.61. The Bertz CT molecular complexity index is 612. The van der Waals surface area contributed by atoms with E-state index < -0.39 is 6.10 Å². The second kappa shape index (κ2) is 10.6. The lowest BCUT2D eigenvalue weighted by atomic mass is 10.0. The lowest BCUT2D eigenvalue weighted by molar-refractivity contribution is 0.187. The van der Waals surface area contributed by atoms with Gasteiger partial charge < -0.3 is 15.7 Å². The fourth-order valence-corrected chi connectivity index (χ4v) is 3.41. The van der Waals surface area contributed by atoms with Crippen LogP contribution in [-0.2, 0) is 0 Å². The van der Waals surface area contributed by atoms with Crippen LogP contribution >= 0.6 is 11.6 Å². The molecule has 0 bridgehead atoms. The van der Waals surface area contributed by atoms with Crippen molar-refractivity contribution in [1.82, 2.24) is 15.5 Å². The molecular weight excluding hydrogens is 348 g/mol. The number of benzene rings is 1. The largest absolute Gasteiger partial charge is 0.386 e. The van der Waals surface area contributed by atoms with E-state index in [0.29, 0.717) is 16.6 Å². The second-order valence-corrected chi connectivity index (χ2v) is 7.32. The fourth-order valence-electron chi connectivity index (χ4n) is 3.15. The maximum atomic E-state index is 10.4. The third-order valence-electron chi connectivity index (χ3n) is 4.45. The molecule has 6 heteroatoms. The molecule has 2 rings (SSSR count). The molecule has 1 atom stereocenters. The van der Waals surface area contributed by atoms with Crippen molar-refractivity contribution in [3.8, 4) is 0 Å². The van der Waals surface area contributed by atoms with Crippen LogP contribution in [0.2, 0.25) is 5.02 Å². The van der Waals surface area contributed by atoms with Crippen molar-refractivity contribution < 1.29 is 5.11 Å². The minimum absolute atomic E-state index is 0.271. The first-order valence-corrected chi connectivity index (χ1v) is 9.71. The predicted octanol–water partition coefficient (Wildman–Crippen LogP) is 2.97. The summed E-state index contributed by atoms with van der Waals surface area (Å²) in [7, 11) is 0. The van der Waals surface area contributed by atoms with Gasteiger partial charge in [0.15, 0.2) is 5.96 Å². The Balaban J connectivity index is 1.89. The Morgan fingerprint density at radius 3 is 2.69 bits per heavy atom. The summed E-state index contributed by atoms with van der Waals surface area (Å²) in [6.07, 6.45) is 1.44. The molecule has 0 amide bonds. The molecule has 1 aliphatic rings. The molecule has 1 fully saturated rings. The Kier molecular flexibility index (Phi) is 8.42. The first kappa shape index (κ1) is 20.7. The normalized spacial score (nSPS) is 17.8. The third kappa shape index (κ3) is 6.63. The first-order chi connectivity index (χ1) is 12.5. The van der Waals surface area contributed by atoms with E-state index in [4.69, 9.17) is 11.6 Å². The van der Waals surface area contributed by atoms with Gasteiger partial charge in [-0.15, -0.1) is 0 Å². The van der Waals surface area contributed by atoms with E-state index in [1.807, 2.05) is 25.1 Å². The van der Waals surface area contributed by atoms with Crippen LogP contribution < -0.4 is 10.6 Å². The number of aliphatic hydroxyl groups excluding tert-OH is 1. The molecule has 0 saturated carbocycles. The summed E-state index contributed by atoms with van der Waals surface area (Å²) >= 11 is 6.15. The Hall–Kier alpha value is -1.56. The van der Waals surface area contributed by atoms with Crippen molar-refractivity contribution in [1.29, 1.82) is 0 Å². The van der Waals surface area contributed by atoms with E-state index in [0.717, 1.165) is 45.0 Å². The number of guanidine groups is 1. The van der Waals surface area contributed by atoms with Gasteiger partial charge in [-0.05, 0) is 32.8 Å². The van der Waals surface area contributed by atoms with Crippen molar-refractivity contribution in [2.45, 2.75) is 38.8 Å². The zero-order valence-electron chi connectivity index (χ0n) is 15.8. The first-order valence-electron chi connectivity index (χ1n) is 9.33. The van der Waals surface area contributed by atoms with E-state index >= 15 is 0 Å². The van der Waals surface area contributed by atoms with E-state index in [-0.39, 0.29) is 6.54 Å². The number of rotatable bonds is 7. The number of nitrogens with zero attached hydrogens (tertiary/aromatic N) is 2. The minimum Gasteiger partial charge on any atom is -0.386 e. The highest BCUT2D eigenvalue weighted by Crippen LogP contribution is 2.22. The predicted molar refractivity (Wildman–Crippen MR) is 110 cm³/mol. The van der Waals surface area contributed by atoms with Crippen LogP contribution in [0.5, 0.6) is 0 Å². The quantitative estimate of drug-likeness (QED) is 0.388. The van der Waals surface area contributed by atoms with Crippen LogP contribution in [0, 0.1) is 0 Å². The summed E-state index contributed by atoms with van der Waals surface area (Å²) in [5.74, 6) is 0.747. The van der Waals surface area contributed by atoms with Crippen LogP contribution in [0.25, 0.3) is 0 Å². The van der Waals surface area contributed by atoms with Gasteiger partial charge in [-0.3, -0.25) is 9.89 Å². The molecule has 144 valence electrons. The molecule has 1 heterocycles. The lowest BCUT2D eigenvalue weighted by Crippen LogP contribution is -2.49. The zero-order chi connectivity index (χ0) is 18.9. The van der Waals surface area contributed by atoms with Gasteiger partial charge in [-0.25, -0.2) is 0 Å². The number of likely N-dealkylation sites (tertiary alicyclic amines) is 1. The molecule has 3 N–H and O–H groups in total. The summed E-state index contributed by atoms with van der Waals surface area (Å²) in [5, 5.41) is 17.7. The van der Waals surface area contributed by atoms with Gasteiger partial charge >= 0.3 is 0 Å². The van der Waals surface area contributed by atoms with Crippen molar-refractivity contribution in [2.24, 2.45) is 4.99 Å². The van der Waals surface area contributed by atoms with Crippen LogP contribution in [-0.4, -0.2) is 54.7 Å². The van der Waals surface area contributed by atoms with Gasteiger partial charge in [0.25, 0.3) is 0 Å². The minimum atomic E-state index is -0.712. The Labute approximate surface area is 162 Å². The van der Waals surface area contributed by atoms with Gasteiger partial charge in [0, 0.05) is 42.8 Å². The van der Waals surface area contributed by atoms with Crippen molar-refractivity contribution in [3.63, 3.8) is 0 Å². The number of halogens is 1. The van der Waals surface area contributed by atoms with Crippen molar-refractivity contribution >= 4 is 17.6 Å². The van der Waals surface area contributed by atoms with Gasteiger partial charge in [0.1, 0.15) is 6.10 Å². The highest BCUT2D eigenvalue weighted by molar-refractivity contribution is 6.31. The highest BCUT2D eigenvalue weighted by atomic mass is 35.5. The molecular formula is C20H31ClN4O. The van der Waals surface area contributed by atoms with Gasteiger partial charge in [0.2, 0.25) is 0 Å². The lowest BCUT2D eigenvalue weighted by Gasteiger charge is -2.33. The van der Waals surface area contributed by atoms with Crippen LogP contribution in [0.15, 0.2) is 41.4 Å². The Morgan fingerprint density at radius 1 is 1.38 bits per heavy atom. The van der Waals surface area contributed by atoms with Crippen LogP contribution in [0.3, 0.4) is 0 Å². The monoisotopic (exact) mass is 378 g/mol. The standard InChI is InChI=1S/C20H31ClN4O/c1-4-22-20(23-13-19(26)17-7-5-6-8-18(17)21)24-16-9-11-25(12-10-16)14-15(2)3/h5-8,16,19,26H,2,4,9-14H2,1,3H3,(H2,22,23,24). The number of aliphatic imine (C=N–C) groups is 1. The van der Waals surface area contributed by atoms with Gasteiger partial charge in [0.05, 0.1) is 6.54 Å². The number of piperidine rings is 1. The fraction of sp³-hybridized carbons (Fsp3) is 0.550. The third-order valence-corrected chi connectivity index (χ3v) is 4.80. The molecule has 1 aliphatic heterocycles. The maximum Gasteiger partial charge on any atom is 0.191 e. The summed E-state index contributed by atoms with van der Waals surface area (Å²) in [4.78, 5) is 6.99. The highest BCUT2D eigenvalue weighted by Gasteiger charge is 2.20. The number of hydrogen-bond donors (Lipinski definition) is 3. The summed E-state index contributed by atoms with van der Waals surface area (Å²) < 4.78 is 0. The molecule has 0 aliphatic carbocycles. The molecule has 0 spiro atoms. The van der Waals surface area contributed by atoms with E-state index in [1.165, 1.54) is 5.57 Å². The summed E-state index contributed by atoms with van der Waals surface area (Å²) in [5.41, 5.74) is 1.92. The maximum absolute atomic E-state index is 10.4. The molecule has 0 radical (unpaired) electrons. The molecule has 0 aromatic heterocycles. The van der Waals surface area contributed by atoms with Crippen molar-refractivity contribution in [2.75, 3.05) is 32.7 Å². The van der Waals surface area contributed by atoms with Crippen LogP contribution in [0.1, 0.15) is 38.4 Å². The molecule has 26 heavy (non-hydrogen) atoms. The molecule has 1 saturated heterocycles. The summed E-state index contributed by atoms with van der Waals surface area (Å²) in [6, 6.07) is 7.74. The van der Waals surface area contributed by atoms with Crippen LogP contribution in [0.4, 0.5) is 0 Å². The average molecular weight is 379 g/mol.